The van der Waals surface area contributed by atoms with Crippen molar-refractivity contribution in [3.63, 3.8) is 0 Å². The Hall–Kier alpha value is -0.370. The highest BCUT2D eigenvalue weighted by atomic mass is 16.5. The second-order valence-electron chi connectivity index (χ2n) is 6.13. The molecule has 1 atom stereocenters. The lowest BCUT2D eigenvalue weighted by molar-refractivity contribution is -0.120. The normalized spacial score (nSPS) is 22.1. The highest BCUT2D eigenvalue weighted by molar-refractivity contribution is 5.78. The summed E-state index contributed by atoms with van der Waals surface area (Å²) in [6, 6.07) is 0. The third kappa shape index (κ3) is 6.26. The smallest absolute Gasteiger partial charge is 0.133 e. The second kappa shape index (κ2) is 6.39. The number of carbonyl (C=O) groups excluding carboxylic acids is 1. The van der Waals surface area contributed by atoms with Crippen molar-refractivity contribution in [3.8, 4) is 0 Å². The highest BCUT2D eigenvalue weighted by Gasteiger charge is 2.17. The summed E-state index contributed by atoms with van der Waals surface area (Å²) in [5.41, 5.74) is 0.275. The zero-order valence-corrected chi connectivity index (χ0v) is 11.1. The van der Waals surface area contributed by atoms with E-state index < -0.39 is 0 Å². The zero-order valence-electron chi connectivity index (χ0n) is 11.1. The number of hydrogen-bond donors (Lipinski definition) is 0. The Morgan fingerprint density at radius 1 is 1.25 bits per heavy atom. The SMILES string of the molecule is CC(C)(C)CCC(=O)CCC1CCCCO1. The van der Waals surface area contributed by atoms with E-state index in [2.05, 4.69) is 20.8 Å². The molecule has 1 rings (SSSR count). The number of rotatable bonds is 5. The van der Waals surface area contributed by atoms with E-state index in [1.807, 2.05) is 0 Å². The maximum atomic E-state index is 11.7. The minimum atomic E-state index is 0.275. The van der Waals surface area contributed by atoms with Gasteiger partial charge in [-0.2, -0.15) is 0 Å². The molecule has 0 amide bonds. The maximum Gasteiger partial charge on any atom is 0.133 e. The molecule has 1 unspecified atom stereocenters. The van der Waals surface area contributed by atoms with Crippen molar-refractivity contribution < 1.29 is 9.53 Å². The van der Waals surface area contributed by atoms with Crippen LogP contribution in [0.25, 0.3) is 0 Å². The molecule has 0 saturated carbocycles. The van der Waals surface area contributed by atoms with Crippen molar-refractivity contribution in [2.75, 3.05) is 6.61 Å². The molecular weight excluding hydrogens is 200 g/mol. The molecule has 0 aliphatic carbocycles. The van der Waals surface area contributed by atoms with E-state index in [0.717, 1.165) is 32.3 Å². The van der Waals surface area contributed by atoms with E-state index in [-0.39, 0.29) is 5.41 Å². The Labute approximate surface area is 99.8 Å². The lowest BCUT2D eigenvalue weighted by atomic mass is 9.88. The summed E-state index contributed by atoms with van der Waals surface area (Å²) in [5.74, 6) is 0.407. The van der Waals surface area contributed by atoms with Crippen LogP contribution in [0, 0.1) is 5.41 Å². The van der Waals surface area contributed by atoms with E-state index >= 15 is 0 Å². The van der Waals surface area contributed by atoms with Gasteiger partial charge in [0.1, 0.15) is 5.78 Å². The Morgan fingerprint density at radius 2 is 2.00 bits per heavy atom. The van der Waals surface area contributed by atoms with Gasteiger partial charge in [0.05, 0.1) is 6.10 Å². The van der Waals surface area contributed by atoms with Crippen molar-refractivity contribution >= 4 is 5.78 Å². The summed E-state index contributed by atoms with van der Waals surface area (Å²) in [4.78, 5) is 11.7. The molecule has 1 fully saturated rings. The minimum absolute atomic E-state index is 0.275. The summed E-state index contributed by atoms with van der Waals surface area (Å²) in [7, 11) is 0. The Balaban J connectivity index is 2.09. The first-order valence-corrected chi connectivity index (χ1v) is 6.61. The molecule has 0 bridgehead atoms. The van der Waals surface area contributed by atoms with Crippen LogP contribution in [0.5, 0.6) is 0 Å². The van der Waals surface area contributed by atoms with Gasteiger partial charge in [0.2, 0.25) is 0 Å². The molecule has 0 aromatic rings. The number of carbonyl (C=O) groups is 1. The third-order valence-electron chi connectivity index (χ3n) is 3.17. The topological polar surface area (TPSA) is 26.3 Å². The van der Waals surface area contributed by atoms with Gasteiger partial charge in [0.15, 0.2) is 0 Å². The average Bonchev–Trinajstić information content (AvgIpc) is 2.24. The molecule has 0 aromatic carbocycles. The van der Waals surface area contributed by atoms with E-state index in [4.69, 9.17) is 4.74 Å². The minimum Gasteiger partial charge on any atom is -0.378 e. The van der Waals surface area contributed by atoms with Crippen LogP contribution in [0.3, 0.4) is 0 Å². The Kier molecular flexibility index (Phi) is 5.47. The van der Waals surface area contributed by atoms with Gasteiger partial charge in [-0.1, -0.05) is 20.8 Å². The Morgan fingerprint density at radius 3 is 2.56 bits per heavy atom. The molecule has 1 heterocycles. The standard InChI is InChI=1S/C14H26O2/c1-14(2,3)10-9-12(15)7-8-13-6-4-5-11-16-13/h13H,4-11H2,1-3H3. The average molecular weight is 226 g/mol. The predicted octanol–water partition coefficient (Wildman–Crippen LogP) is 3.73. The van der Waals surface area contributed by atoms with Gasteiger partial charge in [-0.15, -0.1) is 0 Å². The van der Waals surface area contributed by atoms with Crippen LogP contribution < -0.4 is 0 Å². The third-order valence-corrected chi connectivity index (χ3v) is 3.17. The van der Waals surface area contributed by atoms with Crippen LogP contribution in [-0.4, -0.2) is 18.5 Å². The monoisotopic (exact) mass is 226 g/mol. The van der Waals surface area contributed by atoms with Crippen LogP contribution in [0.1, 0.15) is 65.7 Å². The van der Waals surface area contributed by atoms with Gasteiger partial charge in [-0.05, 0) is 37.5 Å². The van der Waals surface area contributed by atoms with Gasteiger partial charge in [0, 0.05) is 19.4 Å². The van der Waals surface area contributed by atoms with Crippen molar-refractivity contribution in [3.05, 3.63) is 0 Å². The summed E-state index contributed by atoms with van der Waals surface area (Å²) in [6.07, 6.45) is 7.33. The van der Waals surface area contributed by atoms with Gasteiger partial charge in [-0.25, -0.2) is 0 Å². The fourth-order valence-corrected chi connectivity index (χ4v) is 2.00. The van der Waals surface area contributed by atoms with Gasteiger partial charge < -0.3 is 4.74 Å². The number of ether oxygens (including phenoxy) is 1. The highest BCUT2D eigenvalue weighted by Crippen LogP contribution is 2.22. The number of ketones is 1. The first kappa shape index (κ1) is 13.7. The quantitative estimate of drug-likeness (QED) is 0.714. The lowest BCUT2D eigenvalue weighted by Crippen LogP contribution is -2.20. The molecule has 2 nitrogen and oxygen atoms in total. The van der Waals surface area contributed by atoms with Crippen molar-refractivity contribution in [1.29, 1.82) is 0 Å². The van der Waals surface area contributed by atoms with Crippen molar-refractivity contribution in [2.45, 2.75) is 71.8 Å². The van der Waals surface area contributed by atoms with Crippen molar-refractivity contribution in [1.82, 2.24) is 0 Å². The molecule has 0 aromatic heterocycles. The molecular formula is C14H26O2. The molecule has 0 N–H and O–H groups in total. The Bertz CT molecular complexity index is 209. The largest absolute Gasteiger partial charge is 0.378 e. The molecule has 16 heavy (non-hydrogen) atoms. The first-order chi connectivity index (χ1) is 7.47. The molecule has 0 spiro atoms. The van der Waals surface area contributed by atoms with E-state index in [0.29, 0.717) is 18.3 Å². The molecule has 2 heteroatoms. The summed E-state index contributed by atoms with van der Waals surface area (Å²) in [5, 5.41) is 0. The van der Waals surface area contributed by atoms with Gasteiger partial charge >= 0.3 is 0 Å². The fraction of sp³-hybridized carbons (Fsp3) is 0.929. The van der Waals surface area contributed by atoms with Crippen LogP contribution in [-0.2, 0) is 9.53 Å². The number of hydrogen-bond acceptors (Lipinski definition) is 2. The van der Waals surface area contributed by atoms with E-state index in [1.165, 1.54) is 12.8 Å². The van der Waals surface area contributed by atoms with Crippen molar-refractivity contribution in [2.24, 2.45) is 5.41 Å². The summed E-state index contributed by atoms with van der Waals surface area (Å²) >= 11 is 0. The first-order valence-electron chi connectivity index (χ1n) is 6.61. The molecule has 1 aliphatic heterocycles. The van der Waals surface area contributed by atoms with Crippen LogP contribution in [0.4, 0.5) is 0 Å². The second-order valence-corrected chi connectivity index (χ2v) is 6.13. The van der Waals surface area contributed by atoms with Crippen LogP contribution in [0.15, 0.2) is 0 Å². The molecule has 94 valence electrons. The van der Waals surface area contributed by atoms with E-state index in [9.17, 15) is 4.79 Å². The molecule has 1 saturated heterocycles. The lowest BCUT2D eigenvalue weighted by Gasteiger charge is -2.22. The summed E-state index contributed by atoms with van der Waals surface area (Å²) in [6.45, 7) is 7.44. The van der Waals surface area contributed by atoms with Gasteiger partial charge in [-0.3, -0.25) is 4.79 Å². The van der Waals surface area contributed by atoms with Crippen LogP contribution in [0.2, 0.25) is 0 Å². The molecule has 0 radical (unpaired) electrons. The van der Waals surface area contributed by atoms with Crippen LogP contribution >= 0.6 is 0 Å². The fourth-order valence-electron chi connectivity index (χ4n) is 2.00. The van der Waals surface area contributed by atoms with E-state index in [1.54, 1.807) is 0 Å². The summed E-state index contributed by atoms with van der Waals surface area (Å²) < 4.78 is 5.62. The molecule has 1 aliphatic rings. The predicted molar refractivity (Wildman–Crippen MR) is 66.5 cm³/mol. The number of Topliss-reactive ketones (excluding diaryl/α,β-unsaturated/α-hetero) is 1. The zero-order chi connectivity index (χ0) is 12.0. The maximum absolute atomic E-state index is 11.7. The van der Waals surface area contributed by atoms with Gasteiger partial charge in [0.25, 0.3) is 0 Å².